The second-order valence-corrected chi connectivity index (χ2v) is 10.4. The fraction of sp³-hybridized carbons (Fsp3) is 0.192. The average Bonchev–Trinajstić information content (AvgIpc) is 3.27. The maximum Gasteiger partial charge on any atom is 0.238 e. The molecular formula is C26H23Cl3N4OS. The summed E-state index contributed by atoms with van der Waals surface area (Å²) in [5.74, 6) is 0.959. The molecule has 2 atom stereocenters. The molecule has 180 valence electrons. The Kier molecular flexibility index (Phi) is 8.74. The Labute approximate surface area is 223 Å². The first-order valence-electron chi connectivity index (χ1n) is 11.0. The number of alkyl halides is 1. The highest BCUT2D eigenvalue weighted by atomic mass is 35.5. The van der Waals surface area contributed by atoms with E-state index in [1.54, 1.807) is 19.1 Å². The summed E-state index contributed by atoms with van der Waals surface area (Å²) in [4.78, 5) is 12.6. The maximum atomic E-state index is 12.6. The number of benzene rings is 3. The molecule has 0 radical (unpaired) electrons. The lowest BCUT2D eigenvalue weighted by Gasteiger charge is -2.21. The molecular weight excluding hydrogens is 523 g/mol. The molecule has 0 aliphatic carbocycles. The Hall–Kier alpha value is -2.51. The summed E-state index contributed by atoms with van der Waals surface area (Å²) in [7, 11) is 0. The highest BCUT2D eigenvalue weighted by molar-refractivity contribution is 7.98. The quantitative estimate of drug-likeness (QED) is 0.184. The second kappa shape index (κ2) is 12.0. The van der Waals surface area contributed by atoms with E-state index in [0.29, 0.717) is 38.9 Å². The monoisotopic (exact) mass is 544 g/mol. The Morgan fingerprint density at radius 2 is 1.63 bits per heavy atom. The van der Waals surface area contributed by atoms with Gasteiger partial charge < -0.3 is 5.32 Å². The summed E-state index contributed by atoms with van der Waals surface area (Å²) in [6, 6.07) is 24.8. The Morgan fingerprint density at radius 3 is 2.26 bits per heavy atom. The third-order valence-electron chi connectivity index (χ3n) is 5.29. The molecule has 0 saturated heterocycles. The van der Waals surface area contributed by atoms with E-state index in [0.717, 1.165) is 11.1 Å². The molecule has 3 aromatic carbocycles. The lowest BCUT2D eigenvalue weighted by Crippen LogP contribution is -2.36. The van der Waals surface area contributed by atoms with Crippen LogP contribution in [0.1, 0.15) is 29.9 Å². The molecule has 0 saturated carbocycles. The summed E-state index contributed by atoms with van der Waals surface area (Å²) >= 11 is 20.4. The van der Waals surface area contributed by atoms with Crippen LogP contribution in [0.2, 0.25) is 10.0 Å². The van der Waals surface area contributed by atoms with Crippen LogP contribution in [0.25, 0.3) is 5.69 Å². The van der Waals surface area contributed by atoms with Crippen molar-refractivity contribution in [2.24, 2.45) is 0 Å². The van der Waals surface area contributed by atoms with E-state index in [2.05, 4.69) is 27.6 Å². The van der Waals surface area contributed by atoms with Crippen LogP contribution in [0.5, 0.6) is 0 Å². The smallest absolute Gasteiger partial charge is 0.238 e. The van der Waals surface area contributed by atoms with E-state index >= 15 is 0 Å². The predicted octanol–water partition coefficient (Wildman–Crippen LogP) is 6.89. The van der Waals surface area contributed by atoms with Crippen LogP contribution in [0.15, 0.2) is 84.0 Å². The number of carbonyl (C=O) groups excluding carboxylic acids is 1. The van der Waals surface area contributed by atoms with E-state index in [9.17, 15) is 4.79 Å². The molecule has 4 aromatic rings. The predicted molar refractivity (Wildman–Crippen MR) is 144 cm³/mol. The van der Waals surface area contributed by atoms with E-state index in [1.807, 2.05) is 59.2 Å². The molecule has 1 N–H and O–H groups in total. The van der Waals surface area contributed by atoms with E-state index in [-0.39, 0.29) is 5.91 Å². The van der Waals surface area contributed by atoms with Gasteiger partial charge >= 0.3 is 0 Å². The van der Waals surface area contributed by atoms with Gasteiger partial charge in [0.15, 0.2) is 11.0 Å². The fourth-order valence-electron chi connectivity index (χ4n) is 3.55. The summed E-state index contributed by atoms with van der Waals surface area (Å²) in [6.07, 6.45) is 0.503. The average molecular weight is 546 g/mol. The number of thioether (sulfide) groups is 1. The molecule has 5 nitrogen and oxygen atoms in total. The van der Waals surface area contributed by atoms with Gasteiger partial charge in [0, 0.05) is 10.8 Å². The van der Waals surface area contributed by atoms with Gasteiger partial charge in [-0.15, -0.1) is 21.8 Å². The normalized spacial score (nSPS) is 12.8. The number of carbonyl (C=O) groups is 1. The molecule has 9 heteroatoms. The minimum Gasteiger partial charge on any atom is -0.344 e. The molecule has 0 aliphatic rings. The zero-order valence-corrected chi connectivity index (χ0v) is 22.0. The van der Waals surface area contributed by atoms with Crippen molar-refractivity contribution in [3.8, 4) is 5.69 Å². The topological polar surface area (TPSA) is 59.8 Å². The zero-order valence-electron chi connectivity index (χ0n) is 18.9. The van der Waals surface area contributed by atoms with E-state index in [4.69, 9.17) is 34.8 Å². The maximum absolute atomic E-state index is 12.6. The molecule has 1 amide bonds. The molecule has 0 bridgehead atoms. The number of aromatic nitrogens is 3. The highest BCUT2D eigenvalue weighted by Crippen LogP contribution is 2.33. The van der Waals surface area contributed by atoms with E-state index < -0.39 is 11.4 Å². The molecule has 1 aromatic heterocycles. The third-order valence-corrected chi connectivity index (χ3v) is 7.03. The van der Waals surface area contributed by atoms with Crippen molar-refractivity contribution in [1.82, 2.24) is 20.1 Å². The SMILES string of the molecule is CC(Cl)C(=O)NC(Cc1ccccc1)c1nnc(SCc2ccccc2)n1-c1ccc(Cl)cc1Cl. The first kappa shape index (κ1) is 25.6. The third kappa shape index (κ3) is 6.58. The number of rotatable bonds is 9. The molecule has 0 fully saturated rings. The Bertz CT molecular complexity index is 1280. The van der Waals surface area contributed by atoms with Gasteiger partial charge in [-0.1, -0.05) is 95.6 Å². The molecule has 35 heavy (non-hydrogen) atoms. The van der Waals surface area contributed by atoms with Gasteiger partial charge in [0.2, 0.25) is 5.91 Å². The summed E-state index contributed by atoms with van der Waals surface area (Å²) < 4.78 is 1.89. The number of nitrogens with zero attached hydrogens (tertiary/aromatic N) is 3. The van der Waals surface area contributed by atoms with Gasteiger partial charge in [-0.3, -0.25) is 9.36 Å². The number of halogens is 3. The molecule has 0 spiro atoms. The van der Waals surface area contributed by atoms with Crippen molar-refractivity contribution in [1.29, 1.82) is 0 Å². The number of hydrogen-bond donors (Lipinski definition) is 1. The van der Waals surface area contributed by atoms with Crippen molar-refractivity contribution < 1.29 is 4.79 Å². The largest absolute Gasteiger partial charge is 0.344 e. The summed E-state index contributed by atoms with van der Waals surface area (Å²) in [5.41, 5.74) is 2.87. The van der Waals surface area contributed by atoms with Crippen LogP contribution in [0, 0.1) is 0 Å². The van der Waals surface area contributed by atoms with Crippen molar-refractivity contribution in [3.63, 3.8) is 0 Å². The van der Waals surface area contributed by atoms with Gasteiger partial charge in [0.1, 0.15) is 5.38 Å². The lowest BCUT2D eigenvalue weighted by molar-refractivity contribution is -0.121. The van der Waals surface area contributed by atoms with Crippen LogP contribution in [0.4, 0.5) is 0 Å². The lowest BCUT2D eigenvalue weighted by atomic mass is 10.0. The minimum absolute atomic E-state index is 0.289. The number of hydrogen-bond acceptors (Lipinski definition) is 4. The standard InChI is InChI=1S/C26H23Cl3N4OS/c1-17(27)25(34)30-22(14-18-8-4-2-5-9-18)24-31-32-26(35-16-19-10-6-3-7-11-19)33(24)23-13-12-20(28)15-21(23)29/h2-13,15,17,22H,14,16H2,1H3,(H,30,34). The van der Waals surface area contributed by atoms with Crippen LogP contribution in [-0.2, 0) is 17.0 Å². The van der Waals surface area contributed by atoms with Gasteiger partial charge in [-0.2, -0.15) is 0 Å². The van der Waals surface area contributed by atoms with Crippen LogP contribution < -0.4 is 5.32 Å². The van der Waals surface area contributed by atoms with Crippen molar-refractivity contribution in [2.45, 2.75) is 35.7 Å². The Balaban J connectivity index is 1.78. The van der Waals surface area contributed by atoms with E-state index in [1.165, 1.54) is 11.8 Å². The molecule has 4 rings (SSSR count). The molecule has 1 heterocycles. The first-order chi connectivity index (χ1) is 16.9. The molecule has 0 aliphatic heterocycles. The number of amides is 1. The highest BCUT2D eigenvalue weighted by Gasteiger charge is 2.27. The zero-order chi connectivity index (χ0) is 24.8. The number of nitrogens with one attached hydrogen (secondary N) is 1. The van der Waals surface area contributed by atoms with Crippen molar-refractivity contribution in [3.05, 3.63) is 106 Å². The summed E-state index contributed by atoms with van der Waals surface area (Å²) in [6.45, 7) is 1.64. The second-order valence-electron chi connectivity index (χ2n) is 7.91. The van der Waals surface area contributed by atoms with Crippen molar-refractivity contribution >= 4 is 52.5 Å². The van der Waals surface area contributed by atoms with Crippen LogP contribution in [-0.4, -0.2) is 26.0 Å². The van der Waals surface area contributed by atoms with Gasteiger partial charge in [-0.05, 0) is 42.7 Å². The van der Waals surface area contributed by atoms with Crippen molar-refractivity contribution in [2.75, 3.05) is 0 Å². The Morgan fingerprint density at radius 1 is 0.971 bits per heavy atom. The van der Waals surface area contributed by atoms with Gasteiger partial charge in [0.05, 0.1) is 16.8 Å². The first-order valence-corrected chi connectivity index (χ1v) is 13.2. The van der Waals surface area contributed by atoms with Gasteiger partial charge in [0.25, 0.3) is 0 Å². The van der Waals surface area contributed by atoms with Crippen LogP contribution in [0.3, 0.4) is 0 Å². The minimum atomic E-state index is -0.698. The summed E-state index contributed by atoms with van der Waals surface area (Å²) in [5, 5.41) is 13.0. The molecule has 2 unspecified atom stereocenters. The van der Waals surface area contributed by atoms with Gasteiger partial charge in [-0.25, -0.2) is 0 Å². The van der Waals surface area contributed by atoms with Crippen LogP contribution >= 0.6 is 46.6 Å². The fourth-order valence-corrected chi connectivity index (χ4v) is 5.02.